The minimum Gasteiger partial charge on any atom is -0.491 e. The third-order valence-corrected chi connectivity index (χ3v) is 7.81. The van der Waals surface area contributed by atoms with Gasteiger partial charge in [-0.25, -0.2) is 13.2 Å². The van der Waals surface area contributed by atoms with Gasteiger partial charge in [0.25, 0.3) is 0 Å². The monoisotopic (exact) mass is 482 g/mol. The van der Waals surface area contributed by atoms with Crippen LogP contribution >= 0.6 is 0 Å². The number of aryl methyl sites for hydroxylation is 1. The molecule has 0 spiro atoms. The highest BCUT2D eigenvalue weighted by molar-refractivity contribution is 5.88. The van der Waals surface area contributed by atoms with Crippen molar-refractivity contribution in [2.75, 3.05) is 7.11 Å². The second kappa shape index (κ2) is 12.0. The van der Waals surface area contributed by atoms with Gasteiger partial charge in [0, 0.05) is 10.9 Å². The average molecular weight is 483 g/mol. The van der Waals surface area contributed by atoms with Crippen molar-refractivity contribution in [1.82, 2.24) is 0 Å². The maximum atomic E-state index is 15.3. The largest absolute Gasteiger partial charge is 0.491 e. The number of unbranched alkanes of at least 4 members (excludes halogenated alkanes) is 3. The van der Waals surface area contributed by atoms with Crippen molar-refractivity contribution in [2.24, 2.45) is 11.8 Å². The molecular formula is C31H37F3O. The first kappa shape index (κ1) is 25.6. The summed E-state index contributed by atoms with van der Waals surface area (Å²) in [6.07, 6.45) is 14.4. The molecule has 0 heterocycles. The predicted molar refractivity (Wildman–Crippen MR) is 138 cm³/mol. The van der Waals surface area contributed by atoms with E-state index in [9.17, 15) is 8.78 Å². The minimum absolute atomic E-state index is 0.158. The molecule has 0 aromatic heterocycles. The first-order valence-electron chi connectivity index (χ1n) is 13.2. The number of methoxy groups -OCH3 is 1. The molecule has 1 nitrogen and oxygen atoms in total. The zero-order valence-corrected chi connectivity index (χ0v) is 21.0. The van der Waals surface area contributed by atoms with Gasteiger partial charge in [0.05, 0.1) is 7.11 Å². The Labute approximate surface area is 207 Å². The molecule has 0 atom stereocenters. The van der Waals surface area contributed by atoms with Crippen LogP contribution in [0, 0.1) is 29.3 Å². The first-order chi connectivity index (χ1) is 17.0. The Balaban J connectivity index is 1.38. The summed E-state index contributed by atoms with van der Waals surface area (Å²) in [5, 5.41) is 1.28. The van der Waals surface area contributed by atoms with Gasteiger partial charge in [0.15, 0.2) is 17.4 Å². The molecule has 0 bridgehead atoms. The molecule has 1 saturated carbocycles. The van der Waals surface area contributed by atoms with Gasteiger partial charge in [-0.1, -0.05) is 95.0 Å². The molecule has 3 aromatic carbocycles. The summed E-state index contributed by atoms with van der Waals surface area (Å²) < 4.78 is 48.3. The summed E-state index contributed by atoms with van der Waals surface area (Å²) in [6.45, 7) is 2.27. The van der Waals surface area contributed by atoms with Crippen LogP contribution in [0.1, 0.15) is 76.7 Å². The highest BCUT2D eigenvalue weighted by Gasteiger charge is 2.21. The highest BCUT2D eigenvalue weighted by atomic mass is 19.1. The molecule has 1 aliphatic carbocycles. The quantitative estimate of drug-likeness (QED) is 0.261. The smallest absolute Gasteiger partial charge is 0.190 e. The Kier molecular flexibility index (Phi) is 8.75. The molecule has 188 valence electrons. The molecule has 1 fully saturated rings. The standard InChI is InChI=1S/C31H37F3O/c1-3-4-5-6-7-21-8-10-22(11-9-21)12-13-23-14-16-26-24(18-23)15-17-27(30(26)34)25-19-28(32)31(35-2)29(33)20-25/h14-22H,3-13H2,1-2H3. The lowest BCUT2D eigenvalue weighted by atomic mass is 9.77. The summed E-state index contributed by atoms with van der Waals surface area (Å²) in [6, 6.07) is 11.5. The summed E-state index contributed by atoms with van der Waals surface area (Å²) in [7, 11) is 1.20. The molecule has 35 heavy (non-hydrogen) atoms. The van der Waals surface area contributed by atoms with Crippen LogP contribution in [0.15, 0.2) is 42.5 Å². The van der Waals surface area contributed by atoms with E-state index in [4.69, 9.17) is 4.74 Å². The van der Waals surface area contributed by atoms with E-state index in [0.717, 1.165) is 35.8 Å². The van der Waals surface area contributed by atoms with E-state index < -0.39 is 23.2 Å². The lowest BCUT2D eigenvalue weighted by Crippen LogP contribution is -2.15. The van der Waals surface area contributed by atoms with Gasteiger partial charge in [-0.05, 0) is 53.3 Å². The molecule has 0 amide bonds. The van der Waals surface area contributed by atoms with Gasteiger partial charge < -0.3 is 4.74 Å². The van der Waals surface area contributed by atoms with Crippen LogP contribution < -0.4 is 4.74 Å². The van der Waals surface area contributed by atoms with E-state index in [2.05, 4.69) is 13.0 Å². The zero-order chi connectivity index (χ0) is 24.8. The third-order valence-electron chi connectivity index (χ3n) is 7.81. The maximum Gasteiger partial charge on any atom is 0.190 e. The second-order valence-electron chi connectivity index (χ2n) is 10.2. The molecule has 0 unspecified atom stereocenters. The van der Waals surface area contributed by atoms with Gasteiger partial charge in [0.1, 0.15) is 5.82 Å². The van der Waals surface area contributed by atoms with E-state index in [0.29, 0.717) is 5.39 Å². The fourth-order valence-electron chi connectivity index (χ4n) is 5.67. The Morgan fingerprint density at radius 1 is 0.800 bits per heavy atom. The summed E-state index contributed by atoms with van der Waals surface area (Å²) >= 11 is 0. The fraction of sp³-hybridized carbons (Fsp3) is 0.484. The van der Waals surface area contributed by atoms with Gasteiger partial charge in [-0.2, -0.15) is 0 Å². The lowest BCUT2D eigenvalue weighted by molar-refractivity contribution is 0.249. The van der Waals surface area contributed by atoms with Crippen LogP contribution in [0.25, 0.3) is 21.9 Å². The number of ether oxygens (including phenoxy) is 1. The fourth-order valence-corrected chi connectivity index (χ4v) is 5.67. The highest BCUT2D eigenvalue weighted by Crippen LogP contribution is 2.36. The maximum absolute atomic E-state index is 15.3. The number of benzene rings is 3. The Morgan fingerprint density at radius 3 is 2.14 bits per heavy atom. The first-order valence-corrected chi connectivity index (χ1v) is 13.2. The predicted octanol–water partition coefficient (Wildman–Crippen LogP) is 9.64. The van der Waals surface area contributed by atoms with E-state index in [-0.39, 0.29) is 11.1 Å². The SMILES string of the molecule is CCCCCCC1CCC(CCc2ccc3c(F)c(-c4cc(F)c(OC)c(F)c4)ccc3c2)CC1. The number of hydrogen-bond donors (Lipinski definition) is 0. The van der Waals surface area contributed by atoms with E-state index in [1.54, 1.807) is 12.1 Å². The van der Waals surface area contributed by atoms with E-state index in [1.807, 2.05) is 12.1 Å². The second-order valence-corrected chi connectivity index (χ2v) is 10.2. The van der Waals surface area contributed by atoms with Gasteiger partial charge in [0.2, 0.25) is 0 Å². The molecule has 0 radical (unpaired) electrons. The molecule has 0 N–H and O–H groups in total. The molecule has 0 aliphatic heterocycles. The van der Waals surface area contributed by atoms with Crippen molar-refractivity contribution in [1.29, 1.82) is 0 Å². The average Bonchev–Trinajstić information content (AvgIpc) is 2.86. The minimum atomic E-state index is -0.845. The molecule has 4 heteroatoms. The van der Waals surface area contributed by atoms with Gasteiger partial charge >= 0.3 is 0 Å². The Hall–Kier alpha value is -2.49. The van der Waals surface area contributed by atoms with Crippen molar-refractivity contribution < 1.29 is 17.9 Å². The van der Waals surface area contributed by atoms with E-state index >= 15 is 4.39 Å². The van der Waals surface area contributed by atoms with Crippen molar-refractivity contribution in [3.05, 3.63) is 65.5 Å². The zero-order valence-electron chi connectivity index (χ0n) is 21.0. The van der Waals surface area contributed by atoms with Crippen LogP contribution in [0.2, 0.25) is 0 Å². The molecule has 3 aromatic rings. The van der Waals surface area contributed by atoms with Crippen molar-refractivity contribution in [3.8, 4) is 16.9 Å². The molecule has 1 aliphatic rings. The molecule has 4 rings (SSSR count). The van der Waals surface area contributed by atoms with Crippen LogP contribution in [0.5, 0.6) is 5.75 Å². The van der Waals surface area contributed by atoms with Gasteiger partial charge in [-0.15, -0.1) is 0 Å². The number of fused-ring (bicyclic) bond motifs is 1. The van der Waals surface area contributed by atoms with Crippen molar-refractivity contribution in [2.45, 2.75) is 77.6 Å². The van der Waals surface area contributed by atoms with Crippen molar-refractivity contribution >= 4 is 10.8 Å². The van der Waals surface area contributed by atoms with Crippen LogP contribution in [0.4, 0.5) is 13.2 Å². The normalized spacial score (nSPS) is 18.2. The molecule has 0 saturated heterocycles. The summed E-state index contributed by atoms with van der Waals surface area (Å²) in [5.74, 6) is -0.897. The van der Waals surface area contributed by atoms with Crippen LogP contribution in [-0.4, -0.2) is 7.11 Å². The molecular weight excluding hydrogens is 445 g/mol. The number of hydrogen-bond acceptors (Lipinski definition) is 1. The van der Waals surface area contributed by atoms with Crippen molar-refractivity contribution in [3.63, 3.8) is 0 Å². The topological polar surface area (TPSA) is 9.23 Å². The van der Waals surface area contributed by atoms with Gasteiger partial charge in [-0.3, -0.25) is 0 Å². The summed E-state index contributed by atoms with van der Waals surface area (Å²) in [5.41, 5.74) is 1.55. The van der Waals surface area contributed by atoms with Crippen LogP contribution in [-0.2, 0) is 6.42 Å². The van der Waals surface area contributed by atoms with Crippen LogP contribution in [0.3, 0.4) is 0 Å². The number of halogens is 3. The van der Waals surface area contributed by atoms with E-state index in [1.165, 1.54) is 76.9 Å². The number of rotatable bonds is 10. The lowest BCUT2D eigenvalue weighted by Gasteiger charge is -2.28. The summed E-state index contributed by atoms with van der Waals surface area (Å²) in [4.78, 5) is 0. The Bertz CT molecular complexity index is 1110. The third kappa shape index (κ3) is 6.20. The Morgan fingerprint density at radius 2 is 1.49 bits per heavy atom.